The fourth-order valence-corrected chi connectivity index (χ4v) is 1.98. The highest BCUT2D eigenvalue weighted by molar-refractivity contribution is 6.16. The molecule has 1 unspecified atom stereocenters. The summed E-state index contributed by atoms with van der Waals surface area (Å²) < 4.78 is 26.2. The van der Waals surface area contributed by atoms with Crippen molar-refractivity contribution in [3.63, 3.8) is 0 Å². The van der Waals surface area contributed by atoms with E-state index in [0.29, 0.717) is 46.2 Å². The molecule has 2 amide bonds. The third-order valence-corrected chi connectivity index (χ3v) is 3.20. The molecule has 10 nitrogen and oxygen atoms in total. The van der Waals surface area contributed by atoms with Crippen LogP contribution in [0.5, 0.6) is 0 Å². The molecule has 1 aliphatic heterocycles. The number of carbonyl (C=O) groups is 2. The topological polar surface area (TPSA) is 133 Å². The van der Waals surface area contributed by atoms with Crippen LogP contribution in [0.1, 0.15) is 0 Å². The summed E-state index contributed by atoms with van der Waals surface area (Å²) in [4.78, 5) is 22.5. The average Bonchev–Trinajstić information content (AvgIpc) is 2.96. The molecule has 0 aromatic rings. The van der Waals surface area contributed by atoms with Crippen LogP contribution in [0.3, 0.4) is 0 Å². The molecular weight excluding hydrogens is 350 g/mol. The van der Waals surface area contributed by atoms with Gasteiger partial charge >= 0.3 is 0 Å². The van der Waals surface area contributed by atoms with Gasteiger partial charge in [0.2, 0.25) is 0 Å². The molecule has 1 aliphatic rings. The smallest absolute Gasteiger partial charge is 0.256 e. The Hall–Kier alpha value is -1.40. The summed E-state index contributed by atoms with van der Waals surface area (Å²) in [6.07, 6.45) is 0.276. The molecule has 0 aromatic carbocycles. The van der Waals surface area contributed by atoms with Crippen LogP contribution >= 0.6 is 0 Å². The Kier molecular flexibility index (Phi) is 12.8. The third-order valence-electron chi connectivity index (χ3n) is 3.20. The van der Waals surface area contributed by atoms with Crippen LogP contribution in [0.4, 0.5) is 0 Å². The monoisotopic (exact) mass is 377 g/mol. The summed E-state index contributed by atoms with van der Waals surface area (Å²) >= 11 is 0. The molecular formula is C16H27NO9. The van der Waals surface area contributed by atoms with Crippen molar-refractivity contribution in [1.29, 1.82) is 0 Å². The van der Waals surface area contributed by atoms with Gasteiger partial charge < -0.3 is 33.9 Å². The molecule has 0 saturated heterocycles. The highest BCUT2D eigenvalue weighted by atomic mass is 16.6. The maximum atomic E-state index is 11.5. The second-order valence-electron chi connectivity index (χ2n) is 5.13. The van der Waals surface area contributed by atoms with E-state index in [1.807, 2.05) is 0 Å². The molecule has 1 rings (SSSR count). The van der Waals surface area contributed by atoms with E-state index in [1.165, 1.54) is 0 Å². The Labute approximate surface area is 152 Å². The van der Waals surface area contributed by atoms with Crippen LogP contribution in [-0.4, -0.2) is 101 Å². The number of carbonyl (C=O) groups excluding carboxylic acids is 2. The lowest BCUT2D eigenvalue weighted by molar-refractivity contribution is -0.124. The van der Waals surface area contributed by atoms with E-state index < -0.39 is 24.5 Å². The zero-order chi connectivity index (χ0) is 19.0. The minimum absolute atomic E-state index is 0.00166. The van der Waals surface area contributed by atoms with Gasteiger partial charge in [0, 0.05) is 6.08 Å². The van der Waals surface area contributed by atoms with Crippen LogP contribution in [-0.2, 0) is 33.3 Å². The maximum Gasteiger partial charge on any atom is 0.256 e. The Morgan fingerprint density at radius 1 is 0.808 bits per heavy atom. The SMILES string of the molecule is O=C1C=C(C(CO)OCCOCCOCCOCCOCCO)C(=O)N1. The van der Waals surface area contributed by atoms with Crippen LogP contribution in [0.25, 0.3) is 0 Å². The second kappa shape index (κ2) is 14.7. The van der Waals surface area contributed by atoms with Gasteiger partial charge in [-0.15, -0.1) is 0 Å². The van der Waals surface area contributed by atoms with Crippen molar-refractivity contribution in [3.8, 4) is 0 Å². The predicted octanol–water partition coefficient (Wildman–Crippen LogP) is -1.99. The second-order valence-corrected chi connectivity index (χ2v) is 5.13. The van der Waals surface area contributed by atoms with E-state index in [2.05, 4.69) is 5.32 Å². The lowest BCUT2D eigenvalue weighted by Gasteiger charge is -2.15. The van der Waals surface area contributed by atoms with Gasteiger partial charge in [-0.3, -0.25) is 14.9 Å². The van der Waals surface area contributed by atoms with Gasteiger partial charge in [0.15, 0.2) is 0 Å². The first kappa shape index (κ1) is 22.6. The lowest BCUT2D eigenvalue weighted by Crippen LogP contribution is -2.30. The Morgan fingerprint density at radius 2 is 1.31 bits per heavy atom. The van der Waals surface area contributed by atoms with Crippen LogP contribution in [0.2, 0.25) is 0 Å². The molecule has 0 saturated carbocycles. The average molecular weight is 377 g/mol. The molecule has 3 N–H and O–H groups in total. The lowest BCUT2D eigenvalue weighted by atomic mass is 10.1. The zero-order valence-corrected chi connectivity index (χ0v) is 14.7. The summed E-state index contributed by atoms with van der Waals surface area (Å²) in [6.45, 7) is 2.87. The normalized spacial score (nSPS) is 15.2. The molecule has 150 valence electrons. The van der Waals surface area contributed by atoms with Crippen molar-refractivity contribution in [3.05, 3.63) is 11.6 Å². The van der Waals surface area contributed by atoms with Gasteiger partial charge in [-0.2, -0.15) is 0 Å². The Balaban J connectivity index is 1.90. The van der Waals surface area contributed by atoms with Crippen molar-refractivity contribution >= 4 is 11.8 Å². The first-order valence-electron chi connectivity index (χ1n) is 8.40. The molecule has 0 fully saturated rings. The Bertz CT molecular complexity index is 441. The van der Waals surface area contributed by atoms with Gasteiger partial charge in [0.1, 0.15) is 6.10 Å². The molecule has 1 heterocycles. The first-order valence-corrected chi connectivity index (χ1v) is 8.40. The largest absolute Gasteiger partial charge is 0.394 e. The number of aliphatic hydroxyl groups excluding tert-OH is 2. The molecule has 1 atom stereocenters. The quantitative estimate of drug-likeness (QED) is 0.194. The van der Waals surface area contributed by atoms with E-state index in [1.54, 1.807) is 0 Å². The summed E-state index contributed by atoms with van der Waals surface area (Å²) in [7, 11) is 0. The summed E-state index contributed by atoms with van der Waals surface area (Å²) in [5.74, 6) is -1.06. The van der Waals surface area contributed by atoms with Crippen molar-refractivity contribution in [2.24, 2.45) is 0 Å². The first-order chi connectivity index (χ1) is 12.7. The van der Waals surface area contributed by atoms with Gasteiger partial charge in [0.25, 0.3) is 11.8 Å². The van der Waals surface area contributed by atoms with E-state index >= 15 is 0 Å². The fourth-order valence-electron chi connectivity index (χ4n) is 1.98. The van der Waals surface area contributed by atoms with Crippen molar-refractivity contribution in [2.45, 2.75) is 6.10 Å². The van der Waals surface area contributed by atoms with Crippen LogP contribution in [0.15, 0.2) is 11.6 Å². The fraction of sp³-hybridized carbons (Fsp3) is 0.750. The van der Waals surface area contributed by atoms with E-state index in [0.717, 1.165) is 6.08 Å². The number of hydrogen-bond donors (Lipinski definition) is 3. The molecule has 0 radical (unpaired) electrons. The summed E-state index contributed by atoms with van der Waals surface area (Å²) in [5.41, 5.74) is 0.114. The molecule has 0 aromatic heterocycles. The predicted molar refractivity (Wildman–Crippen MR) is 88.4 cm³/mol. The minimum atomic E-state index is -0.847. The van der Waals surface area contributed by atoms with Gasteiger partial charge in [-0.25, -0.2) is 0 Å². The van der Waals surface area contributed by atoms with E-state index in [-0.39, 0.29) is 25.4 Å². The molecule has 0 bridgehead atoms. The highest BCUT2D eigenvalue weighted by Crippen LogP contribution is 2.11. The van der Waals surface area contributed by atoms with Gasteiger partial charge in [-0.05, 0) is 0 Å². The van der Waals surface area contributed by atoms with E-state index in [9.17, 15) is 14.7 Å². The van der Waals surface area contributed by atoms with Crippen molar-refractivity contribution in [2.75, 3.05) is 72.7 Å². The minimum Gasteiger partial charge on any atom is -0.394 e. The van der Waals surface area contributed by atoms with Gasteiger partial charge in [-0.1, -0.05) is 0 Å². The highest BCUT2D eigenvalue weighted by Gasteiger charge is 2.28. The zero-order valence-electron chi connectivity index (χ0n) is 14.7. The standard InChI is InChI=1S/C16H27NO9/c18-1-2-22-3-4-23-5-6-24-7-8-25-9-10-26-14(12-19)13-11-15(20)17-16(13)21/h11,14,18-19H,1-10,12H2,(H,17,20,21). The number of ether oxygens (including phenoxy) is 5. The number of amides is 2. The van der Waals surface area contributed by atoms with Crippen molar-refractivity contribution < 1.29 is 43.5 Å². The number of hydrogen-bond acceptors (Lipinski definition) is 9. The van der Waals surface area contributed by atoms with Crippen LogP contribution < -0.4 is 5.32 Å². The number of nitrogens with one attached hydrogen (secondary N) is 1. The molecule has 10 heteroatoms. The molecule has 0 aliphatic carbocycles. The third kappa shape index (κ3) is 9.92. The summed E-state index contributed by atoms with van der Waals surface area (Å²) in [6, 6.07) is 0. The molecule has 0 spiro atoms. The number of rotatable bonds is 17. The van der Waals surface area contributed by atoms with Crippen molar-refractivity contribution in [1.82, 2.24) is 5.32 Å². The molecule has 26 heavy (non-hydrogen) atoms. The Morgan fingerprint density at radius 3 is 1.73 bits per heavy atom. The number of imide groups is 1. The van der Waals surface area contributed by atoms with Gasteiger partial charge in [0.05, 0.1) is 78.2 Å². The van der Waals surface area contributed by atoms with E-state index in [4.69, 9.17) is 28.8 Å². The maximum absolute atomic E-state index is 11.5. The summed E-state index contributed by atoms with van der Waals surface area (Å²) in [5, 5.41) is 19.8. The van der Waals surface area contributed by atoms with Crippen LogP contribution in [0, 0.1) is 0 Å². The number of aliphatic hydroxyl groups is 2.